The van der Waals surface area contributed by atoms with Gasteiger partial charge in [-0.25, -0.2) is 0 Å². The number of hydrogen-bond donors (Lipinski definition) is 1. The van der Waals surface area contributed by atoms with E-state index in [-0.39, 0.29) is 6.10 Å². The van der Waals surface area contributed by atoms with Gasteiger partial charge in [0.2, 0.25) is 0 Å². The third-order valence-corrected chi connectivity index (χ3v) is 4.68. The summed E-state index contributed by atoms with van der Waals surface area (Å²) < 4.78 is 1.99. The lowest BCUT2D eigenvalue weighted by atomic mass is 10.1. The molecular weight excluding hydrogens is 298 g/mol. The Balaban J connectivity index is 1.54. The molecule has 0 spiro atoms. The third kappa shape index (κ3) is 3.31. The van der Waals surface area contributed by atoms with Crippen LogP contribution in [-0.4, -0.2) is 38.9 Å². The van der Waals surface area contributed by atoms with E-state index in [1.165, 1.54) is 0 Å². The monoisotopic (exact) mass is 317 g/mol. The van der Waals surface area contributed by atoms with E-state index in [1.54, 1.807) is 11.8 Å². The van der Waals surface area contributed by atoms with Crippen molar-refractivity contribution in [3.63, 3.8) is 0 Å². The van der Waals surface area contributed by atoms with Gasteiger partial charge in [-0.3, -0.25) is 0 Å². The van der Waals surface area contributed by atoms with Crippen LogP contribution in [-0.2, 0) is 18.3 Å². The molecular formula is C15H19N5OS. The molecule has 22 heavy (non-hydrogen) atoms. The molecule has 0 unspecified atom stereocenters. The molecule has 2 heterocycles. The minimum atomic E-state index is 0.0786. The van der Waals surface area contributed by atoms with Crippen molar-refractivity contribution in [1.82, 2.24) is 14.8 Å². The zero-order chi connectivity index (χ0) is 15.4. The fraction of sp³-hybridized carbons (Fsp3) is 0.400. The van der Waals surface area contributed by atoms with Crippen LogP contribution in [0.15, 0.2) is 40.6 Å². The van der Waals surface area contributed by atoms with Crippen LogP contribution in [0.5, 0.6) is 0 Å². The molecule has 0 saturated carbocycles. The van der Waals surface area contributed by atoms with E-state index in [2.05, 4.69) is 27.5 Å². The number of oxime groups is 1. The summed E-state index contributed by atoms with van der Waals surface area (Å²) in [6, 6.07) is 10.1. The van der Waals surface area contributed by atoms with Crippen molar-refractivity contribution >= 4 is 17.5 Å². The first-order valence-corrected chi connectivity index (χ1v) is 8.25. The van der Waals surface area contributed by atoms with Crippen molar-refractivity contribution in [1.29, 1.82) is 0 Å². The normalized spacial score (nSPS) is 17.4. The van der Waals surface area contributed by atoms with Crippen molar-refractivity contribution < 1.29 is 4.84 Å². The van der Waals surface area contributed by atoms with Gasteiger partial charge in [0.05, 0.1) is 5.71 Å². The third-order valence-electron chi connectivity index (χ3n) is 3.53. The number of nitrogens with two attached hydrogens (primary N) is 1. The summed E-state index contributed by atoms with van der Waals surface area (Å²) in [7, 11) is 1.97. The maximum Gasteiger partial charge on any atom is 0.191 e. The maximum absolute atomic E-state index is 5.56. The van der Waals surface area contributed by atoms with Crippen molar-refractivity contribution in [3.05, 3.63) is 41.7 Å². The van der Waals surface area contributed by atoms with Crippen LogP contribution >= 0.6 is 11.8 Å². The molecule has 0 aliphatic carbocycles. The van der Waals surface area contributed by atoms with Gasteiger partial charge in [-0.1, -0.05) is 47.2 Å². The number of nitrogens with zero attached hydrogens (tertiary/aromatic N) is 4. The molecule has 7 heteroatoms. The van der Waals surface area contributed by atoms with E-state index in [0.29, 0.717) is 6.54 Å². The highest BCUT2D eigenvalue weighted by atomic mass is 32.2. The Morgan fingerprint density at radius 3 is 2.91 bits per heavy atom. The zero-order valence-corrected chi connectivity index (χ0v) is 13.3. The van der Waals surface area contributed by atoms with Crippen LogP contribution in [0.25, 0.3) is 0 Å². The molecule has 1 aromatic carbocycles. The average Bonchev–Trinajstić information content (AvgIpc) is 3.15. The highest BCUT2D eigenvalue weighted by Gasteiger charge is 2.23. The second kappa shape index (κ2) is 6.93. The van der Waals surface area contributed by atoms with Crippen molar-refractivity contribution in [2.75, 3.05) is 12.3 Å². The number of thioether (sulfide) groups is 1. The second-order valence-corrected chi connectivity index (χ2v) is 6.13. The summed E-state index contributed by atoms with van der Waals surface area (Å²) in [4.78, 5) is 5.53. The average molecular weight is 317 g/mol. The Hall–Kier alpha value is -1.86. The molecule has 0 bridgehead atoms. The number of hydrogen-bond acceptors (Lipinski definition) is 6. The van der Waals surface area contributed by atoms with E-state index in [1.807, 2.05) is 29.8 Å². The van der Waals surface area contributed by atoms with Gasteiger partial charge < -0.3 is 15.1 Å². The smallest absolute Gasteiger partial charge is 0.191 e. The van der Waals surface area contributed by atoms with Gasteiger partial charge in [0.15, 0.2) is 5.16 Å². The van der Waals surface area contributed by atoms with Gasteiger partial charge in [0.1, 0.15) is 11.9 Å². The Morgan fingerprint density at radius 2 is 2.14 bits per heavy atom. The van der Waals surface area contributed by atoms with E-state index in [0.717, 1.165) is 40.9 Å². The fourth-order valence-electron chi connectivity index (χ4n) is 2.30. The van der Waals surface area contributed by atoms with Crippen LogP contribution in [0.4, 0.5) is 0 Å². The topological polar surface area (TPSA) is 78.3 Å². The lowest BCUT2D eigenvalue weighted by Crippen LogP contribution is -2.12. The molecule has 2 N–H and O–H groups in total. The summed E-state index contributed by atoms with van der Waals surface area (Å²) >= 11 is 1.64. The van der Waals surface area contributed by atoms with E-state index < -0.39 is 0 Å². The Bertz CT molecular complexity index is 655. The van der Waals surface area contributed by atoms with Gasteiger partial charge in [0.25, 0.3) is 0 Å². The molecule has 2 aromatic rings. The molecule has 0 radical (unpaired) electrons. The first-order chi connectivity index (χ1) is 10.8. The first kappa shape index (κ1) is 15.1. The summed E-state index contributed by atoms with van der Waals surface area (Å²) in [5, 5.41) is 13.4. The highest BCUT2D eigenvalue weighted by molar-refractivity contribution is 7.99. The summed E-state index contributed by atoms with van der Waals surface area (Å²) in [5.74, 6) is 1.72. The highest BCUT2D eigenvalue weighted by Crippen LogP contribution is 2.23. The minimum Gasteiger partial charge on any atom is -0.391 e. The summed E-state index contributed by atoms with van der Waals surface area (Å²) in [6.07, 6.45) is 1.64. The number of aromatic nitrogens is 3. The molecule has 0 amide bonds. The van der Waals surface area contributed by atoms with Gasteiger partial charge in [-0.2, -0.15) is 0 Å². The first-order valence-electron chi connectivity index (χ1n) is 7.27. The molecule has 1 aliphatic rings. The molecule has 3 rings (SSSR count). The largest absolute Gasteiger partial charge is 0.391 e. The molecule has 0 saturated heterocycles. The van der Waals surface area contributed by atoms with Crippen molar-refractivity contribution in [2.24, 2.45) is 17.9 Å². The van der Waals surface area contributed by atoms with Gasteiger partial charge in [-0.15, -0.1) is 10.2 Å². The van der Waals surface area contributed by atoms with Crippen LogP contribution in [0, 0.1) is 0 Å². The number of benzene rings is 1. The van der Waals surface area contributed by atoms with Crippen LogP contribution < -0.4 is 5.73 Å². The van der Waals surface area contributed by atoms with Crippen LogP contribution in [0.1, 0.15) is 17.8 Å². The predicted octanol–water partition coefficient (Wildman–Crippen LogP) is 1.60. The molecule has 1 aliphatic heterocycles. The fourth-order valence-corrected chi connectivity index (χ4v) is 3.22. The van der Waals surface area contributed by atoms with Crippen LogP contribution in [0.2, 0.25) is 0 Å². The van der Waals surface area contributed by atoms with Gasteiger partial charge in [0, 0.05) is 25.6 Å². The predicted molar refractivity (Wildman–Crippen MR) is 87.0 cm³/mol. The maximum atomic E-state index is 5.56. The Morgan fingerprint density at radius 1 is 1.32 bits per heavy atom. The summed E-state index contributed by atoms with van der Waals surface area (Å²) in [5.41, 5.74) is 7.69. The Labute approximate surface area is 133 Å². The van der Waals surface area contributed by atoms with E-state index in [9.17, 15) is 0 Å². The molecule has 116 valence electrons. The Kier molecular flexibility index (Phi) is 4.74. The standard InChI is InChI=1S/C15H19N5OS/c1-20-14(7-8-16)17-18-15(20)22-10-12-9-13(19-21-12)11-5-3-2-4-6-11/h2-6,12H,7-10,16H2,1H3/t12-/m1/s1. The molecule has 0 fully saturated rings. The summed E-state index contributed by atoms with van der Waals surface area (Å²) in [6.45, 7) is 0.580. The van der Waals surface area contributed by atoms with Gasteiger partial charge >= 0.3 is 0 Å². The SMILES string of the molecule is Cn1c(CCN)nnc1SC[C@H]1CC(c2ccccc2)=NO1. The quantitative estimate of drug-likeness (QED) is 0.819. The zero-order valence-electron chi connectivity index (χ0n) is 12.5. The lowest BCUT2D eigenvalue weighted by molar-refractivity contribution is 0.103. The molecule has 1 atom stereocenters. The van der Waals surface area contributed by atoms with Crippen molar-refractivity contribution in [3.8, 4) is 0 Å². The van der Waals surface area contributed by atoms with Crippen LogP contribution in [0.3, 0.4) is 0 Å². The van der Waals surface area contributed by atoms with E-state index in [4.69, 9.17) is 10.6 Å². The van der Waals surface area contributed by atoms with E-state index >= 15 is 0 Å². The van der Waals surface area contributed by atoms with Gasteiger partial charge in [-0.05, 0) is 12.1 Å². The molecule has 6 nitrogen and oxygen atoms in total. The lowest BCUT2D eigenvalue weighted by Gasteiger charge is -2.07. The second-order valence-electron chi connectivity index (χ2n) is 5.14. The molecule has 1 aromatic heterocycles. The van der Waals surface area contributed by atoms with Crippen molar-refractivity contribution in [2.45, 2.75) is 24.1 Å². The number of rotatable bonds is 6. The minimum absolute atomic E-state index is 0.0786.